The first-order valence-corrected chi connectivity index (χ1v) is 20.2. The van der Waals surface area contributed by atoms with Crippen LogP contribution in [-0.4, -0.2) is 78.1 Å². The Balaban J connectivity index is 0.00000123. The van der Waals surface area contributed by atoms with Crippen LogP contribution in [0.3, 0.4) is 0 Å². The zero-order chi connectivity index (χ0) is 47.4. The predicted octanol–water partition coefficient (Wildman–Crippen LogP) is 7.83. The van der Waals surface area contributed by atoms with Crippen molar-refractivity contribution in [1.29, 1.82) is 0 Å². The van der Waals surface area contributed by atoms with Crippen molar-refractivity contribution < 1.29 is 90.6 Å². The van der Waals surface area contributed by atoms with E-state index in [4.69, 9.17) is 33.5 Å². The normalized spacial score (nSPS) is 10.7. The molecule has 4 aromatic rings. The number of carbonyl (C=O) groups is 4. The predicted molar refractivity (Wildman–Crippen MR) is 243 cm³/mol. The van der Waals surface area contributed by atoms with Gasteiger partial charge in [0.2, 0.25) is 11.5 Å². The van der Waals surface area contributed by atoms with Crippen LogP contribution in [0.5, 0.6) is 34.5 Å². The molecular formula is C48H63F2LiN2O13. The minimum atomic E-state index is -1.39. The molecule has 0 heterocycles. The van der Waals surface area contributed by atoms with E-state index < -0.39 is 52.2 Å². The number of anilines is 2. The first-order chi connectivity index (χ1) is 29.4. The molecule has 0 saturated carbocycles. The zero-order valence-corrected chi connectivity index (χ0v) is 39.5. The third kappa shape index (κ3) is 18.1. The Bertz CT molecular complexity index is 2270. The number of halogens is 2. The van der Waals surface area contributed by atoms with Crippen LogP contribution in [0, 0.1) is 11.6 Å². The van der Waals surface area contributed by atoms with Crippen LogP contribution < -0.4 is 57.9 Å². The number of rotatable bonds is 16. The molecule has 15 nitrogen and oxygen atoms in total. The summed E-state index contributed by atoms with van der Waals surface area (Å²) in [6, 6.07) is 13.2. The maximum Gasteiger partial charge on any atom is 1.00 e. The molecule has 4 rings (SSSR count). The molecule has 66 heavy (non-hydrogen) atoms. The molecule has 4 N–H and O–H groups in total. The maximum absolute atomic E-state index is 14.2. The molecule has 0 bridgehead atoms. The van der Waals surface area contributed by atoms with Crippen LogP contribution in [-0.2, 0) is 4.74 Å². The summed E-state index contributed by atoms with van der Waals surface area (Å²) >= 11 is 0. The molecule has 2 amide bonds. The summed E-state index contributed by atoms with van der Waals surface area (Å²) in [4.78, 5) is 48.3. The van der Waals surface area contributed by atoms with E-state index in [1.165, 1.54) is 30.3 Å². The molecule has 0 atom stereocenters. The third-order valence-electron chi connectivity index (χ3n) is 7.79. The van der Waals surface area contributed by atoms with Crippen molar-refractivity contribution in [3.05, 3.63) is 94.6 Å². The van der Waals surface area contributed by atoms with Gasteiger partial charge in [0.1, 0.15) is 22.8 Å². The van der Waals surface area contributed by atoms with Crippen LogP contribution in [0.4, 0.5) is 20.2 Å². The second kappa shape index (κ2) is 26.2. The van der Waals surface area contributed by atoms with Gasteiger partial charge in [0.15, 0.2) is 23.0 Å². The smallest absolute Gasteiger partial charge is 0.870 e. The second-order valence-electron chi connectivity index (χ2n) is 16.3. The maximum atomic E-state index is 14.2. The fourth-order valence-electron chi connectivity index (χ4n) is 5.52. The molecule has 0 aromatic heterocycles. The molecule has 18 heteroatoms. The monoisotopic (exact) mass is 920 g/mol. The Morgan fingerprint density at radius 2 is 0.970 bits per heavy atom. The first kappa shape index (κ1) is 60.0. The average Bonchev–Trinajstić information content (AvgIpc) is 3.15. The van der Waals surface area contributed by atoms with Gasteiger partial charge in [0.25, 0.3) is 11.8 Å². The largest absolute Gasteiger partial charge is 1.00 e. The molecular weight excluding hydrogens is 857 g/mol. The van der Waals surface area contributed by atoms with Gasteiger partial charge in [-0.1, -0.05) is 7.43 Å². The van der Waals surface area contributed by atoms with Crippen LogP contribution >= 0.6 is 0 Å². The van der Waals surface area contributed by atoms with E-state index in [2.05, 4.69) is 15.4 Å². The number of methoxy groups -OCH3 is 1. The van der Waals surface area contributed by atoms with Crippen molar-refractivity contribution in [2.75, 3.05) is 31.0 Å². The molecule has 0 saturated heterocycles. The summed E-state index contributed by atoms with van der Waals surface area (Å²) < 4.78 is 67.9. The number of hydrogen-bond donors (Lipinski definition) is 3. The van der Waals surface area contributed by atoms with Crippen molar-refractivity contribution in [1.82, 2.24) is 0 Å². The summed E-state index contributed by atoms with van der Waals surface area (Å²) in [6.07, 6.45) is -0.354. The molecule has 358 valence electrons. The summed E-state index contributed by atoms with van der Waals surface area (Å²) in [5, 5.41) is 14.1. The molecule has 0 unspecified atom stereocenters. The fourth-order valence-corrected chi connectivity index (χ4v) is 5.52. The van der Waals surface area contributed by atoms with E-state index in [9.17, 15) is 28.0 Å². The van der Waals surface area contributed by atoms with E-state index in [1.807, 2.05) is 83.1 Å². The minimum absolute atomic E-state index is 0. The Hall–Kier alpha value is -6.02. The molecule has 0 spiro atoms. The Kier molecular flexibility index (Phi) is 23.8. The minimum Gasteiger partial charge on any atom is -0.870 e. The Morgan fingerprint density at radius 3 is 1.26 bits per heavy atom. The fraction of sp³-hybridized carbons (Fsp3) is 0.417. The SMILES string of the molecule is C.CCOc1c(OC(C)C)cc(C(=O)Nc2ccc(C(=O)O)c(F)c2)cc1OC(C)(C)C.CCOc1c(OC(C)C)cc(C(=O)Nc2ccc(C(=O)OC)c(F)c2)cc1OC(C)(C)C.[Li+].[OH-]. The van der Waals surface area contributed by atoms with Gasteiger partial charge in [0.05, 0.1) is 43.7 Å². The number of carbonyl (C=O) groups excluding carboxylic acids is 3. The number of nitrogens with one attached hydrogen (secondary N) is 2. The van der Waals surface area contributed by atoms with Crippen LogP contribution in [0.15, 0.2) is 60.7 Å². The number of carboxylic acids is 1. The van der Waals surface area contributed by atoms with Gasteiger partial charge in [0, 0.05) is 22.5 Å². The number of benzene rings is 4. The summed E-state index contributed by atoms with van der Waals surface area (Å²) in [5.41, 5.74) is -1.08. The second-order valence-corrected chi connectivity index (χ2v) is 16.3. The van der Waals surface area contributed by atoms with Crippen molar-refractivity contribution in [3.63, 3.8) is 0 Å². The molecule has 4 aromatic carbocycles. The van der Waals surface area contributed by atoms with E-state index in [0.717, 1.165) is 25.3 Å². The van der Waals surface area contributed by atoms with E-state index in [-0.39, 0.29) is 72.0 Å². The van der Waals surface area contributed by atoms with E-state index in [0.29, 0.717) is 47.7 Å². The van der Waals surface area contributed by atoms with Crippen LogP contribution in [0.2, 0.25) is 0 Å². The quantitative estimate of drug-likeness (QED) is 0.0725. The van der Waals surface area contributed by atoms with Crippen molar-refractivity contribution in [3.8, 4) is 34.5 Å². The number of hydrogen-bond acceptors (Lipinski definition) is 12. The zero-order valence-electron chi connectivity index (χ0n) is 39.5. The van der Waals surface area contributed by atoms with E-state index in [1.54, 1.807) is 12.1 Å². The summed E-state index contributed by atoms with van der Waals surface area (Å²) in [5.74, 6) is -2.80. The number of carboxylic acid groups (broad SMARTS) is 1. The van der Waals surface area contributed by atoms with Gasteiger partial charge in [-0.3, -0.25) is 9.59 Å². The summed E-state index contributed by atoms with van der Waals surface area (Å²) in [6.45, 7) is 23.1. The first-order valence-electron chi connectivity index (χ1n) is 20.2. The number of amides is 2. The molecule has 0 fully saturated rings. The van der Waals surface area contributed by atoms with Crippen LogP contribution in [0.1, 0.15) is 132 Å². The number of ether oxygens (including phenoxy) is 7. The van der Waals surface area contributed by atoms with Gasteiger partial charge >= 0.3 is 30.8 Å². The molecule has 0 aliphatic carbocycles. The van der Waals surface area contributed by atoms with Gasteiger partial charge in [-0.15, -0.1) is 0 Å². The number of aromatic carboxylic acids is 1. The van der Waals surface area contributed by atoms with Crippen molar-refractivity contribution in [2.45, 2.75) is 114 Å². The van der Waals surface area contributed by atoms with Crippen LogP contribution in [0.25, 0.3) is 0 Å². The Morgan fingerprint density at radius 1 is 0.621 bits per heavy atom. The standard InChI is InChI=1S/C24H30FNO6.C23H28FNO6.CH4.Li.H2O/c1-8-30-21-19(31-14(2)3)11-15(12-20(21)32-24(4,5)6)22(27)26-16-9-10-17(18(25)13-16)23(28)29-7;1-7-29-20-18(30-13(2)3)10-14(11-19(20)31-23(4,5)6)21(26)25-15-8-9-16(22(27)28)17(24)12-15;;;/h9-14H,8H2,1-7H3,(H,26,27);8-13H,7H2,1-6H3,(H,25,26)(H,27,28);1H4;;1H2/q;;;+1;/p-1. The third-order valence-corrected chi connectivity index (χ3v) is 7.79. The molecule has 0 aliphatic rings. The van der Waals surface area contributed by atoms with Gasteiger partial charge in [-0.05, 0) is 144 Å². The molecule has 0 radical (unpaired) electrons. The topological polar surface area (TPSA) is 207 Å². The summed E-state index contributed by atoms with van der Waals surface area (Å²) in [7, 11) is 1.16. The Labute approximate surface area is 398 Å². The van der Waals surface area contributed by atoms with Gasteiger partial charge in [-0.25, -0.2) is 18.4 Å². The average molecular weight is 921 g/mol. The van der Waals surface area contributed by atoms with Gasteiger partial charge in [-0.2, -0.15) is 0 Å². The van der Waals surface area contributed by atoms with Crippen molar-refractivity contribution >= 4 is 35.1 Å². The van der Waals surface area contributed by atoms with Crippen molar-refractivity contribution in [2.24, 2.45) is 0 Å². The van der Waals surface area contributed by atoms with E-state index >= 15 is 0 Å². The molecule has 0 aliphatic heterocycles. The van der Waals surface area contributed by atoms with Gasteiger partial charge < -0.3 is 54.4 Å². The number of esters is 1.